The third-order valence-electron chi connectivity index (χ3n) is 6.89. The molecule has 0 radical (unpaired) electrons. The first kappa shape index (κ1) is 24.2. The van der Waals surface area contributed by atoms with E-state index >= 15 is 0 Å². The molecule has 9 nitrogen and oxygen atoms in total. The maximum Gasteiger partial charge on any atom is 0.254 e. The summed E-state index contributed by atoms with van der Waals surface area (Å²) in [5.74, 6) is -1.18. The third-order valence-corrected chi connectivity index (χ3v) is 6.89. The van der Waals surface area contributed by atoms with Crippen molar-refractivity contribution in [3.05, 3.63) is 95.8 Å². The molecule has 2 aliphatic rings. The van der Waals surface area contributed by atoms with Crippen molar-refractivity contribution in [2.75, 3.05) is 13.1 Å². The van der Waals surface area contributed by atoms with Gasteiger partial charge in [-0.25, -0.2) is 0 Å². The summed E-state index contributed by atoms with van der Waals surface area (Å²) in [7, 11) is 0. The Morgan fingerprint density at radius 3 is 2.41 bits per heavy atom. The number of pyridine rings is 1. The third kappa shape index (κ3) is 4.93. The Morgan fingerprint density at radius 2 is 1.70 bits per heavy atom. The Hall–Kier alpha value is -4.53. The number of rotatable bonds is 6. The molecule has 1 aromatic heterocycles. The van der Waals surface area contributed by atoms with Gasteiger partial charge in [0.25, 0.3) is 11.8 Å². The van der Waals surface area contributed by atoms with E-state index in [1.807, 2.05) is 6.07 Å². The first-order valence-corrected chi connectivity index (χ1v) is 12.1. The molecule has 37 heavy (non-hydrogen) atoms. The minimum Gasteiger partial charge on any atom is -0.508 e. The van der Waals surface area contributed by atoms with Gasteiger partial charge in [-0.15, -0.1) is 0 Å². The summed E-state index contributed by atoms with van der Waals surface area (Å²) >= 11 is 0. The van der Waals surface area contributed by atoms with E-state index in [2.05, 4.69) is 10.3 Å². The molecule has 0 saturated carbocycles. The first-order valence-electron chi connectivity index (χ1n) is 12.1. The lowest BCUT2D eigenvalue weighted by Crippen LogP contribution is -2.53. The molecular weight excluding hydrogens is 472 g/mol. The second-order valence-corrected chi connectivity index (χ2v) is 9.24. The molecule has 0 bridgehead atoms. The molecule has 5 rings (SSSR count). The Balaban J connectivity index is 1.38. The van der Waals surface area contributed by atoms with Crippen LogP contribution in [0.2, 0.25) is 0 Å². The Bertz CT molecular complexity index is 1310. The molecule has 2 N–H and O–H groups in total. The molecule has 0 aliphatic carbocycles. The van der Waals surface area contributed by atoms with Gasteiger partial charge in [0, 0.05) is 30.9 Å². The second-order valence-electron chi connectivity index (χ2n) is 9.24. The van der Waals surface area contributed by atoms with Crippen LogP contribution in [0.15, 0.2) is 79.1 Å². The van der Waals surface area contributed by atoms with Crippen LogP contribution in [-0.4, -0.2) is 74.6 Å². The quantitative estimate of drug-likeness (QED) is 0.535. The van der Waals surface area contributed by atoms with E-state index in [-0.39, 0.29) is 36.3 Å². The SMILES string of the molecule is O=C(N[C@@H](Cc1ccc(O)cc1)C(=O)N1CC[C@@H]2[C@H]1C(=O)CN2C(=O)c1ccccc1)c1cccnc1. The molecule has 0 spiro atoms. The molecule has 2 aliphatic heterocycles. The van der Waals surface area contributed by atoms with Gasteiger partial charge in [0.1, 0.15) is 17.8 Å². The maximum atomic E-state index is 13.8. The summed E-state index contributed by atoms with van der Waals surface area (Å²) in [6.07, 6.45) is 3.61. The number of nitrogens with zero attached hydrogens (tertiary/aromatic N) is 3. The average Bonchev–Trinajstić information content (AvgIpc) is 3.51. The van der Waals surface area contributed by atoms with E-state index in [9.17, 15) is 24.3 Å². The number of Topliss-reactive ketones (excluding diaryl/α,β-unsaturated/α-hetero) is 1. The predicted molar refractivity (Wildman–Crippen MR) is 134 cm³/mol. The van der Waals surface area contributed by atoms with Gasteiger partial charge in [-0.05, 0) is 48.4 Å². The zero-order valence-corrected chi connectivity index (χ0v) is 20.0. The molecule has 188 valence electrons. The second kappa shape index (κ2) is 10.2. The van der Waals surface area contributed by atoms with Crippen molar-refractivity contribution >= 4 is 23.5 Å². The number of fused-ring (bicyclic) bond motifs is 1. The number of hydrogen-bond acceptors (Lipinski definition) is 6. The van der Waals surface area contributed by atoms with Crippen LogP contribution in [0.3, 0.4) is 0 Å². The highest BCUT2D eigenvalue weighted by molar-refractivity contribution is 6.03. The summed E-state index contributed by atoms with van der Waals surface area (Å²) < 4.78 is 0. The van der Waals surface area contributed by atoms with Gasteiger partial charge < -0.3 is 20.2 Å². The molecule has 3 atom stereocenters. The standard InChI is InChI=1S/C28H26N4O5/c33-21-10-8-18(9-11-21)15-22(30-26(35)20-7-4-13-29-16-20)28(37)31-14-12-23-25(31)24(34)17-32(23)27(36)19-5-2-1-3-6-19/h1-11,13,16,22-23,25,33H,12,14-15,17H2,(H,30,35)/t22-,23+,25-/m0/s1. The normalized spacial score (nSPS) is 19.4. The van der Waals surface area contributed by atoms with Crippen LogP contribution in [0.5, 0.6) is 5.75 Å². The number of aromatic hydroxyl groups is 1. The number of likely N-dealkylation sites (tertiary alicyclic amines) is 2. The van der Waals surface area contributed by atoms with E-state index in [1.54, 1.807) is 59.6 Å². The monoisotopic (exact) mass is 498 g/mol. The Kier molecular flexibility index (Phi) is 6.68. The van der Waals surface area contributed by atoms with Crippen molar-refractivity contribution in [3.63, 3.8) is 0 Å². The van der Waals surface area contributed by atoms with Crippen molar-refractivity contribution in [2.45, 2.75) is 31.0 Å². The van der Waals surface area contributed by atoms with Crippen LogP contribution in [-0.2, 0) is 16.0 Å². The van der Waals surface area contributed by atoms with Gasteiger partial charge in [-0.1, -0.05) is 30.3 Å². The number of benzene rings is 2. The van der Waals surface area contributed by atoms with Crippen molar-refractivity contribution in [1.29, 1.82) is 0 Å². The van der Waals surface area contributed by atoms with E-state index < -0.39 is 24.0 Å². The Morgan fingerprint density at radius 1 is 0.973 bits per heavy atom. The Labute approximate surface area is 213 Å². The van der Waals surface area contributed by atoms with Gasteiger partial charge in [-0.3, -0.25) is 24.2 Å². The van der Waals surface area contributed by atoms with Gasteiger partial charge >= 0.3 is 0 Å². The number of aromatic nitrogens is 1. The molecule has 2 saturated heterocycles. The fourth-order valence-electron chi connectivity index (χ4n) is 5.09. The zero-order valence-electron chi connectivity index (χ0n) is 20.0. The lowest BCUT2D eigenvalue weighted by Gasteiger charge is -2.28. The van der Waals surface area contributed by atoms with Crippen LogP contribution >= 0.6 is 0 Å². The van der Waals surface area contributed by atoms with Crippen LogP contribution in [0.1, 0.15) is 32.7 Å². The average molecular weight is 499 g/mol. The number of amides is 3. The fourth-order valence-corrected chi connectivity index (χ4v) is 5.09. The zero-order chi connectivity index (χ0) is 25.9. The number of nitrogens with one attached hydrogen (secondary N) is 1. The highest BCUT2D eigenvalue weighted by Gasteiger charge is 2.52. The van der Waals surface area contributed by atoms with Gasteiger partial charge in [0.05, 0.1) is 18.2 Å². The minimum atomic E-state index is -0.956. The van der Waals surface area contributed by atoms with Crippen LogP contribution in [0, 0.1) is 0 Å². The van der Waals surface area contributed by atoms with E-state index in [1.165, 1.54) is 23.2 Å². The number of carbonyl (C=O) groups excluding carboxylic acids is 4. The van der Waals surface area contributed by atoms with Crippen LogP contribution < -0.4 is 5.32 Å². The van der Waals surface area contributed by atoms with E-state index in [0.717, 1.165) is 5.56 Å². The van der Waals surface area contributed by atoms with Crippen LogP contribution in [0.4, 0.5) is 0 Å². The lowest BCUT2D eigenvalue weighted by atomic mass is 10.0. The topological polar surface area (TPSA) is 120 Å². The molecular formula is C28H26N4O5. The largest absolute Gasteiger partial charge is 0.508 e. The molecule has 3 aromatic rings. The summed E-state index contributed by atoms with van der Waals surface area (Å²) in [5.41, 5.74) is 1.54. The highest BCUT2D eigenvalue weighted by atomic mass is 16.3. The smallest absolute Gasteiger partial charge is 0.254 e. The van der Waals surface area contributed by atoms with Gasteiger partial charge in [0.2, 0.25) is 5.91 Å². The molecule has 9 heteroatoms. The molecule has 3 heterocycles. The molecule has 0 unspecified atom stereocenters. The summed E-state index contributed by atoms with van der Waals surface area (Å²) in [6.45, 7) is 0.241. The maximum absolute atomic E-state index is 13.8. The van der Waals surface area contributed by atoms with Crippen molar-refractivity contribution in [1.82, 2.24) is 20.1 Å². The van der Waals surface area contributed by atoms with Gasteiger partial charge in [-0.2, -0.15) is 0 Å². The summed E-state index contributed by atoms with van der Waals surface area (Å²) in [4.78, 5) is 59.9. The highest BCUT2D eigenvalue weighted by Crippen LogP contribution is 2.31. The number of ketones is 1. The predicted octanol–water partition coefficient (Wildman–Crippen LogP) is 1.82. The summed E-state index contributed by atoms with van der Waals surface area (Å²) in [5, 5.41) is 12.4. The number of phenolic OH excluding ortho intramolecular Hbond substituents is 1. The van der Waals surface area contributed by atoms with Crippen molar-refractivity contribution in [3.8, 4) is 5.75 Å². The number of carbonyl (C=O) groups is 4. The van der Waals surface area contributed by atoms with Gasteiger partial charge in [0.15, 0.2) is 5.78 Å². The van der Waals surface area contributed by atoms with E-state index in [0.29, 0.717) is 24.1 Å². The molecule has 3 amide bonds. The fraction of sp³-hybridized carbons (Fsp3) is 0.250. The summed E-state index contributed by atoms with van der Waals surface area (Å²) in [6, 6.07) is 16.3. The lowest BCUT2D eigenvalue weighted by molar-refractivity contribution is -0.138. The van der Waals surface area contributed by atoms with Crippen molar-refractivity contribution < 1.29 is 24.3 Å². The minimum absolute atomic E-state index is 0.0580. The molecule has 2 fully saturated rings. The van der Waals surface area contributed by atoms with Crippen LogP contribution in [0.25, 0.3) is 0 Å². The first-order chi connectivity index (χ1) is 17.9. The number of hydrogen-bond donors (Lipinski definition) is 2. The number of phenols is 1. The van der Waals surface area contributed by atoms with E-state index in [4.69, 9.17) is 0 Å². The molecule has 2 aromatic carbocycles. The van der Waals surface area contributed by atoms with Crippen molar-refractivity contribution in [2.24, 2.45) is 0 Å².